The van der Waals surface area contributed by atoms with Gasteiger partial charge in [-0.1, -0.05) is 6.07 Å². The molecule has 2 heterocycles. The number of hydrogen-bond donors (Lipinski definition) is 1. The van der Waals surface area contributed by atoms with E-state index in [1.165, 1.54) is 23.6 Å². The van der Waals surface area contributed by atoms with Gasteiger partial charge in [-0.25, -0.2) is 9.37 Å². The SMILES string of the molecule is CC(=O)NCc1ccc2nc3n(c(=O)c2c1)-c1ccc(F)cc1C3=O. The molecule has 0 spiro atoms. The first-order chi connectivity index (χ1) is 12.0. The van der Waals surface area contributed by atoms with Crippen molar-refractivity contribution in [2.45, 2.75) is 13.5 Å². The lowest BCUT2D eigenvalue weighted by molar-refractivity contribution is -0.119. The Morgan fingerprint density at radius 2 is 2.00 bits per heavy atom. The predicted molar refractivity (Wildman–Crippen MR) is 88.3 cm³/mol. The summed E-state index contributed by atoms with van der Waals surface area (Å²) < 4.78 is 14.7. The Kier molecular flexibility index (Phi) is 3.24. The van der Waals surface area contributed by atoms with E-state index in [0.29, 0.717) is 16.6 Å². The van der Waals surface area contributed by atoms with Gasteiger partial charge < -0.3 is 5.32 Å². The smallest absolute Gasteiger partial charge is 0.266 e. The maximum atomic E-state index is 13.4. The number of fused-ring (bicyclic) bond motifs is 4. The van der Waals surface area contributed by atoms with Crippen molar-refractivity contribution in [3.63, 3.8) is 0 Å². The van der Waals surface area contributed by atoms with Gasteiger partial charge >= 0.3 is 0 Å². The Hall–Kier alpha value is -3.35. The fourth-order valence-corrected chi connectivity index (χ4v) is 2.95. The molecule has 25 heavy (non-hydrogen) atoms. The second-order valence-corrected chi connectivity index (χ2v) is 5.83. The van der Waals surface area contributed by atoms with E-state index in [1.807, 2.05) is 0 Å². The van der Waals surface area contributed by atoms with Crippen LogP contribution in [0.3, 0.4) is 0 Å². The monoisotopic (exact) mass is 337 g/mol. The van der Waals surface area contributed by atoms with Gasteiger partial charge in [0.2, 0.25) is 11.7 Å². The number of amides is 1. The topological polar surface area (TPSA) is 81.1 Å². The minimum absolute atomic E-state index is 0.0206. The third-order valence-electron chi connectivity index (χ3n) is 4.12. The number of nitrogens with zero attached hydrogens (tertiary/aromatic N) is 2. The molecule has 1 N–H and O–H groups in total. The molecule has 0 fully saturated rings. The van der Waals surface area contributed by atoms with E-state index in [4.69, 9.17) is 0 Å². The lowest BCUT2D eigenvalue weighted by Gasteiger charge is -2.07. The molecule has 1 aliphatic heterocycles. The molecule has 6 nitrogen and oxygen atoms in total. The van der Waals surface area contributed by atoms with Crippen molar-refractivity contribution in [2.75, 3.05) is 0 Å². The number of carbonyl (C=O) groups excluding carboxylic acids is 2. The largest absolute Gasteiger partial charge is 0.352 e. The van der Waals surface area contributed by atoms with Crippen molar-refractivity contribution in [1.82, 2.24) is 14.9 Å². The highest BCUT2D eigenvalue weighted by Gasteiger charge is 2.30. The lowest BCUT2D eigenvalue weighted by Crippen LogP contribution is -2.22. The zero-order valence-electron chi connectivity index (χ0n) is 13.2. The predicted octanol–water partition coefficient (Wildman–Crippen LogP) is 1.71. The number of hydrogen-bond acceptors (Lipinski definition) is 4. The molecule has 0 atom stereocenters. The molecule has 1 aliphatic rings. The van der Waals surface area contributed by atoms with Gasteiger partial charge in [-0.3, -0.25) is 19.0 Å². The van der Waals surface area contributed by atoms with E-state index in [9.17, 15) is 18.8 Å². The Morgan fingerprint density at radius 1 is 1.20 bits per heavy atom. The summed E-state index contributed by atoms with van der Waals surface area (Å²) in [4.78, 5) is 40.7. The van der Waals surface area contributed by atoms with Crippen LogP contribution >= 0.6 is 0 Å². The molecule has 7 heteroatoms. The maximum absolute atomic E-state index is 13.4. The maximum Gasteiger partial charge on any atom is 0.266 e. The van der Waals surface area contributed by atoms with E-state index in [1.54, 1.807) is 18.2 Å². The molecule has 0 unspecified atom stereocenters. The van der Waals surface area contributed by atoms with Gasteiger partial charge in [0.1, 0.15) is 5.82 Å². The molecule has 124 valence electrons. The minimum Gasteiger partial charge on any atom is -0.352 e. The van der Waals surface area contributed by atoms with Crippen LogP contribution in [-0.4, -0.2) is 21.2 Å². The van der Waals surface area contributed by atoms with Crippen LogP contribution in [0, 0.1) is 5.82 Å². The molecule has 1 aromatic heterocycles. The zero-order chi connectivity index (χ0) is 17.7. The van der Waals surface area contributed by atoms with Crippen LogP contribution in [0.4, 0.5) is 4.39 Å². The number of ketones is 1. The normalized spacial score (nSPS) is 12.2. The first-order valence-electron chi connectivity index (χ1n) is 7.60. The lowest BCUT2D eigenvalue weighted by atomic mass is 10.1. The molecule has 0 bridgehead atoms. The quantitative estimate of drug-likeness (QED) is 0.604. The van der Waals surface area contributed by atoms with Crippen molar-refractivity contribution in [3.05, 3.63) is 69.5 Å². The summed E-state index contributed by atoms with van der Waals surface area (Å²) in [5.41, 5.74) is 1.17. The number of rotatable bonds is 2. The molecule has 1 amide bonds. The summed E-state index contributed by atoms with van der Waals surface area (Å²) >= 11 is 0. The highest BCUT2D eigenvalue weighted by molar-refractivity contribution is 6.13. The molecule has 0 radical (unpaired) electrons. The van der Waals surface area contributed by atoms with Crippen molar-refractivity contribution in [2.24, 2.45) is 0 Å². The van der Waals surface area contributed by atoms with E-state index < -0.39 is 17.2 Å². The number of benzene rings is 2. The minimum atomic E-state index is -0.546. The summed E-state index contributed by atoms with van der Waals surface area (Å²) in [6.45, 7) is 1.69. The summed E-state index contributed by atoms with van der Waals surface area (Å²) in [5, 5.41) is 2.99. The van der Waals surface area contributed by atoms with E-state index >= 15 is 0 Å². The number of carbonyl (C=O) groups is 2. The van der Waals surface area contributed by atoms with Gasteiger partial charge in [0.15, 0.2) is 5.82 Å². The highest BCUT2D eigenvalue weighted by Crippen LogP contribution is 2.27. The van der Waals surface area contributed by atoms with Gasteiger partial charge in [0.05, 0.1) is 22.2 Å². The fraction of sp³-hybridized carbons (Fsp3) is 0.111. The summed E-state index contributed by atoms with van der Waals surface area (Å²) in [5.74, 6) is -1.22. The second-order valence-electron chi connectivity index (χ2n) is 5.83. The Morgan fingerprint density at radius 3 is 2.76 bits per heavy atom. The van der Waals surface area contributed by atoms with Crippen molar-refractivity contribution in [3.8, 4) is 5.69 Å². The van der Waals surface area contributed by atoms with Crippen LogP contribution in [0.1, 0.15) is 28.7 Å². The number of nitrogens with one attached hydrogen (secondary N) is 1. The van der Waals surface area contributed by atoms with Crippen molar-refractivity contribution < 1.29 is 14.0 Å². The molecular formula is C18H12FN3O3. The molecule has 0 saturated carbocycles. The first kappa shape index (κ1) is 15.2. The zero-order valence-corrected chi connectivity index (χ0v) is 13.2. The molecule has 3 aromatic rings. The Labute approximate surface area is 140 Å². The van der Waals surface area contributed by atoms with Gasteiger partial charge in [-0.05, 0) is 35.9 Å². The van der Waals surface area contributed by atoms with Crippen LogP contribution in [0.15, 0.2) is 41.2 Å². The first-order valence-corrected chi connectivity index (χ1v) is 7.60. The summed E-state index contributed by atoms with van der Waals surface area (Å²) in [6, 6.07) is 8.71. The number of aromatic nitrogens is 2. The van der Waals surface area contributed by atoms with Crippen LogP contribution < -0.4 is 10.9 Å². The van der Waals surface area contributed by atoms with Gasteiger partial charge in [-0.2, -0.15) is 0 Å². The van der Waals surface area contributed by atoms with Crippen molar-refractivity contribution in [1.29, 1.82) is 0 Å². The Balaban J connectivity index is 1.93. The second kappa shape index (κ2) is 5.34. The Bertz CT molecular complexity index is 1130. The fourth-order valence-electron chi connectivity index (χ4n) is 2.95. The standard InChI is InChI=1S/C18H12FN3O3/c1-9(23)20-8-10-2-4-14-12(6-10)18(25)22-15-5-3-11(19)7-13(15)16(24)17(22)21-14/h2-7H,8H2,1H3,(H,20,23). The molecule has 0 aliphatic carbocycles. The van der Waals surface area contributed by atoms with Gasteiger partial charge in [0, 0.05) is 13.5 Å². The highest BCUT2D eigenvalue weighted by atomic mass is 19.1. The van der Waals surface area contributed by atoms with Crippen LogP contribution in [-0.2, 0) is 11.3 Å². The number of halogens is 1. The van der Waals surface area contributed by atoms with E-state index in [0.717, 1.165) is 11.6 Å². The molecular weight excluding hydrogens is 325 g/mol. The average molecular weight is 337 g/mol. The third-order valence-corrected chi connectivity index (χ3v) is 4.12. The summed E-state index contributed by atoms with van der Waals surface area (Å²) in [6.07, 6.45) is 0. The molecule has 0 saturated heterocycles. The molecule has 4 rings (SSSR count). The van der Waals surface area contributed by atoms with Crippen LogP contribution in [0.5, 0.6) is 0 Å². The summed E-state index contributed by atoms with van der Waals surface area (Å²) in [7, 11) is 0. The van der Waals surface area contributed by atoms with E-state index in [-0.39, 0.29) is 23.8 Å². The third kappa shape index (κ3) is 2.32. The van der Waals surface area contributed by atoms with Crippen LogP contribution in [0.25, 0.3) is 16.6 Å². The van der Waals surface area contributed by atoms with E-state index in [2.05, 4.69) is 10.3 Å². The van der Waals surface area contributed by atoms with Crippen LogP contribution in [0.2, 0.25) is 0 Å². The van der Waals surface area contributed by atoms with Crippen molar-refractivity contribution >= 4 is 22.6 Å². The van der Waals surface area contributed by atoms with Gasteiger partial charge in [0.25, 0.3) is 5.56 Å². The van der Waals surface area contributed by atoms with Gasteiger partial charge in [-0.15, -0.1) is 0 Å². The molecule has 2 aromatic carbocycles. The average Bonchev–Trinajstić information content (AvgIpc) is 2.86.